The largest absolute Gasteiger partial charge is 0.395 e. The van der Waals surface area contributed by atoms with E-state index in [1.807, 2.05) is 0 Å². The van der Waals surface area contributed by atoms with Crippen molar-refractivity contribution >= 4 is 38.8 Å². The highest BCUT2D eigenvalue weighted by molar-refractivity contribution is 7.92. The van der Waals surface area contributed by atoms with Gasteiger partial charge in [0.15, 0.2) is 15.6 Å². The zero-order valence-corrected chi connectivity index (χ0v) is 11.2. The molecule has 0 aliphatic carbocycles. The monoisotopic (exact) mass is 296 g/mol. The summed E-state index contributed by atoms with van der Waals surface area (Å²) >= 11 is 11.5. The Kier molecular flexibility index (Phi) is 4.55. The number of hydrogen-bond donors (Lipinski definition) is 1. The van der Waals surface area contributed by atoms with Crippen LogP contribution >= 0.6 is 23.2 Å². The Bertz CT molecular complexity index is 539. The maximum absolute atomic E-state index is 11.9. The standard InChI is InChI=1S/C10H10Cl2O4S/c1-17(15,16)9(5-13)10(14)7-3-2-6(11)4-8(7)12/h2-4,9,13H,5H2,1H3/t9-/m0/s1. The van der Waals surface area contributed by atoms with E-state index < -0.39 is 27.5 Å². The minimum Gasteiger partial charge on any atom is -0.395 e. The summed E-state index contributed by atoms with van der Waals surface area (Å²) in [5.74, 6) is -0.739. The smallest absolute Gasteiger partial charge is 0.184 e. The first-order valence-electron chi connectivity index (χ1n) is 4.56. The molecule has 0 saturated heterocycles. The summed E-state index contributed by atoms with van der Waals surface area (Å²) in [6.45, 7) is -0.781. The van der Waals surface area contributed by atoms with Crippen molar-refractivity contribution < 1.29 is 18.3 Å². The van der Waals surface area contributed by atoms with Gasteiger partial charge in [0.2, 0.25) is 0 Å². The van der Waals surface area contributed by atoms with E-state index >= 15 is 0 Å². The van der Waals surface area contributed by atoms with E-state index in [-0.39, 0.29) is 10.6 Å². The fourth-order valence-corrected chi connectivity index (χ4v) is 2.56. The number of aliphatic hydroxyl groups is 1. The molecule has 0 aromatic heterocycles. The molecule has 7 heteroatoms. The number of hydrogen-bond acceptors (Lipinski definition) is 4. The number of rotatable bonds is 4. The Labute approximate surface area is 109 Å². The zero-order chi connectivity index (χ0) is 13.2. The van der Waals surface area contributed by atoms with Gasteiger partial charge >= 0.3 is 0 Å². The zero-order valence-electron chi connectivity index (χ0n) is 8.85. The summed E-state index contributed by atoms with van der Waals surface area (Å²) in [5.41, 5.74) is 0.0283. The average molecular weight is 297 g/mol. The third-order valence-corrected chi connectivity index (χ3v) is 4.12. The number of aliphatic hydroxyl groups excluding tert-OH is 1. The van der Waals surface area contributed by atoms with Crippen LogP contribution in [0.3, 0.4) is 0 Å². The molecule has 0 saturated carbocycles. The molecular formula is C10H10Cl2O4S. The van der Waals surface area contributed by atoms with Gasteiger partial charge in [-0.1, -0.05) is 23.2 Å². The van der Waals surface area contributed by atoms with Gasteiger partial charge in [-0.05, 0) is 18.2 Å². The van der Waals surface area contributed by atoms with Crippen molar-refractivity contribution in [1.82, 2.24) is 0 Å². The van der Waals surface area contributed by atoms with Gasteiger partial charge in [-0.15, -0.1) is 0 Å². The Hall–Kier alpha value is -0.620. The summed E-state index contributed by atoms with van der Waals surface area (Å²) in [4.78, 5) is 11.9. The summed E-state index contributed by atoms with van der Waals surface area (Å²) in [7, 11) is -3.68. The SMILES string of the molecule is CS(=O)(=O)[C@@H](CO)C(=O)c1ccc(Cl)cc1Cl. The Morgan fingerprint density at radius 3 is 2.41 bits per heavy atom. The number of halogens is 2. The topological polar surface area (TPSA) is 71.4 Å². The fourth-order valence-electron chi connectivity index (χ4n) is 1.28. The van der Waals surface area contributed by atoms with E-state index in [1.54, 1.807) is 0 Å². The molecule has 4 nitrogen and oxygen atoms in total. The number of ketones is 1. The minimum absolute atomic E-state index is 0.0283. The van der Waals surface area contributed by atoms with E-state index in [0.717, 1.165) is 6.26 Å². The Morgan fingerprint density at radius 2 is 2.00 bits per heavy atom. The molecule has 0 aliphatic heterocycles. The molecular weight excluding hydrogens is 287 g/mol. The van der Waals surface area contributed by atoms with Gasteiger partial charge in [-0.2, -0.15) is 0 Å². The highest BCUT2D eigenvalue weighted by atomic mass is 35.5. The quantitative estimate of drug-likeness (QED) is 0.857. The van der Waals surface area contributed by atoms with E-state index in [0.29, 0.717) is 5.02 Å². The first-order valence-corrected chi connectivity index (χ1v) is 7.27. The van der Waals surface area contributed by atoms with Crippen molar-refractivity contribution in [3.8, 4) is 0 Å². The molecule has 0 heterocycles. The minimum atomic E-state index is -3.68. The number of carbonyl (C=O) groups is 1. The molecule has 0 aliphatic rings. The third-order valence-electron chi connectivity index (χ3n) is 2.17. The van der Waals surface area contributed by atoms with Gasteiger partial charge < -0.3 is 5.11 Å². The number of carbonyl (C=O) groups excluding carboxylic acids is 1. The van der Waals surface area contributed by atoms with E-state index in [4.69, 9.17) is 28.3 Å². The molecule has 1 aromatic rings. The number of benzene rings is 1. The third kappa shape index (κ3) is 3.42. The van der Waals surface area contributed by atoms with Crippen LogP contribution in [-0.4, -0.2) is 37.4 Å². The molecule has 1 atom stereocenters. The lowest BCUT2D eigenvalue weighted by Gasteiger charge is -2.12. The molecule has 1 N–H and O–H groups in total. The molecule has 0 amide bonds. The second kappa shape index (κ2) is 5.35. The van der Waals surface area contributed by atoms with E-state index in [9.17, 15) is 13.2 Å². The summed E-state index contributed by atoms with van der Waals surface area (Å²) in [6, 6.07) is 4.10. The van der Waals surface area contributed by atoms with Crippen LogP contribution in [0.5, 0.6) is 0 Å². The van der Waals surface area contributed by atoms with Crippen LogP contribution in [0.25, 0.3) is 0 Å². The van der Waals surface area contributed by atoms with Gasteiger partial charge in [0, 0.05) is 16.8 Å². The van der Waals surface area contributed by atoms with Gasteiger partial charge in [0.25, 0.3) is 0 Å². The average Bonchev–Trinajstić information content (AvgIpc) is 2.15. The Morgan fingerprint density at radius 1 is 1.41 bits per heavy atom. The van der Waals surface area contributed by atoms with Crippen LogP contribution in [0.4, 0.5) is 0 Å². The number of Topliss-reactive ketones (excluding diaryl/α,β-unsaturated/α-hetero) is 1. The molecule has 0 unspecified atom stereocenters. The second-order valence-electron chi connectivity index (χ2n) is 3.49. The van der Waals surface area contributed by atoms with Gasteiger partial charge in [0.1, 0.15) is 5.25 Å². The summed E-state index contributed by atoms with van der Waals surface area (Å²) in [6.07, 6.45) is 0.885. The maximum Gasteiger partial charge on any atom is 0.184 e. The molecule has 1 aromatic carbocycles. The van der Waals surface area contributed by atoms with Crippen LogP contribution in [0.15, 0.2) is 18.2 Å². The molecule has 0 fully saturated rings. The molecule has 0 bridgehead atoms. The summed E-state index contributed by atoms with van der Waals surface area (Å²) < 4.78 is 22.6. The molecule has 1 rings (SSSR count). The van der Waals surface area contributed by atoms with Gasteiger partial charge in [0.05, 0.1) is 11.6 Å². The maximum atomic E-state index is 11.9. The van der Waals surface area contributed by atoms with Crippen LogP contribution in [0.2, 0.25) is 10.0 Å². The van der Waals surface area contributed by atoms with Crippen LogP contribution < -0.4 is 0 Å². The lowest BCUT2D eigenvalue weighted by atomic mass is 10.1. The fraction of sp³-hybridized carbons (Fsp3) is 0.300. The van der Waals surface area contributed by atoms with Crippen LogP contribution in [-0.2, 0) is 9.84 Å². The first kappa shape index (κ1) is 14.4. The first-order chi connectivity index (χ1) is 7.77. The molecule has 17 heavy (non-hydrogen) atoms. The molecule has 94 valence electrons. The van der Waals surface area contributed by atoms with E-state index in [1.165, 1.54) is 18.2 Å². The van der Waals surface area contributed by atoms with Crippen molar-refractivity contribution in [2.45, 2.75) is 5.25 Å². The normalized spacial score (nSPS) is 13.4. The van der Waals surface area contributed by atoms with Gasteiger partial charge in [-0.3, -0.25) is 4.79 Å². The predicted molar refractivity (Wildman–Crippen MR) is 66.5 cm³/mol. The van der Waals surface area contributed by atoms with Crippen molar-refractivity contribution in [3.05, 3.63) is 33.8 Å². The lowest BCUT2D eigenvalue weighted by molar-refractivity contribution is 0.0962. The van der Waals surface area contributed by atoms with Crippen molar-refractivity contribution in [2.24, 2.45) is 0 Å². The van der Waals surface area contributed by atoms with Crippen LogP contribution in [0, 0.1) is 0 Å². The molecule has 0 spiro atoms. The van der Waals surface area contributed by atoms with Crippen LogP contribution in [0.1, 0.15) is 10.4 Å². The highest BCUT2D eigenvalue weighted by Gasteiger charge is 2.30. The van der Waals surface area contributed by atoms with Crippen molar-refractivity contribution in [3.63, 3.8) is 0 Å². The lowest BCUT2D eigenvalue weighted by Crippen LogP contribution is -2.33. The predicted octanol–water partition coefficient (Wildman–Crippen LogP) is 1.58. The highest BCUT2D eigenvalue weighted by Crippen LogP contribution is 2.23. The summed E-state index contributed by atoms with van der Waals surface area (Å²) in [5, 5.41) is 7.87. The van der Waals surface area contributed by atoms with E-state index in [2.05, 4.69) is 0 Å². The Balaban J connectivity index is 3.20. The van der Waals surface area contributed by atoms with Crippen molar-refractivity contribution in [1.29, 1.82) is 0 Å². The second-order valence-corrected chi connectivity index (χ2v) is 6.56. The number of sulfone groups is 1. The molecule has 0 radical (unpaired) electrons. The van der Waals surface area contributed by atoms with Gasteiger partial charge in [-0.25, -0.2) is 8.42 Å². The van der Waals surface area contributed by atoms with Crippen molar-refractivity contribution in [2.75, 3.05) is 12.9 Å².